The molecule has 0 fully saturated rings. The quantitative estimate of drug-likeness (QED) is 0.524. The Morgan fingerprint density at radius 3 is 2.63 bits per heavy atom. The third-order valence-corrected chi connectivity index (χ3v) is 5.87. The molecule has 2 aromatic rings. The van der Waals surface area contributed by atoms with Gasteiger partial charge in [0, 0.05) is 11.6 Å². The van der Waals surface area contributed by atoms with Crippen molar-refractivity contribution in [3.63, 3.8) is 0 Å². The van der Waals surface area contributed by atoms with Crippen LogP contribution >= 0.6 is 11.6 Å². The van der Waals surface area contributed by atoms with Crippen LogP contribution in [-0.4, -0.2) is 40.3 Å². The summed E-state index contributed by atoms with van der Waals surface area (Å²) in [6.45, 7) is 4.64. The molecular formula is C22H29ClN2O4S. The molecule has 0 atom stereocenters. The molecule has 2 rings (SSSR count). The minimum Gasteiger partial charge on any atom is -0.493 e. The summed E-state index contributed by atoms with van der Waals surface area (Å²) in [5, 5.41) is 3.21. The standard InChI is InChI=1S/C22H29ClN2O4S/c1-4-14-29-21-10-6-5-8-18(21)9-7-13-24-22(26)16-25(30(3,27)28)20-15-19(23)12-11-17(20)2/h5-6,8,10-12,15H,4,7,9,13-14,16H2,1-3H3,(H,24,26). The summed E-state index contributed by atoms with van der Waals surface area (Å²) in [7, 11) is -3.64. The van der Waals surface area contributed by atoms with Crippen LogP contribution in [0.5, 0.6) is 5.75 Å². The second kappa shape index (κ2) is 11.2. The number of carbonyl (C=O) groups is 1. The number of ether oxygens (including phenoxy) is 1. The largest absolute Gasteiger partial charge is 0.493 e. The first-order valence-corrected chi connectivity index (χ1v) is 12.2. The average molecular weight is 453 g/mol. The fourth-order valence-electron chi connectivity index (χ4n) is 2.99. The Kier molecular flexibility index (Phi) is 8.99. The third kappa shape index (κ3) is 7.22. The highest BCUT2D eigenvalue weighted by atomic mass is 35.5. The molecule has 0 radical (unpaired) electrons. The van der Waals surface area contributed by atoms with Crippen molar-refractivity contribution >= 4 is 33.2 Å². The first-order chi connectivity index (χ1) is 14.2. The molecule has 8 heteroatoms. The molecule has 0 aliphatic carbocycles. The Morgan fingerprint density at radius 2 is 1.93 bits per heavy atom. The van der Waals surface area contributed by atoms with E-state index in [2.05, 4.69) is 12.2 Å². The van der Waals surface area contributed by atoms with Crippen molar-refractivity contribution in [2.75, 3.05) is 30.3 Å². The number of hydrogen-bond acceptors (Lipinski definition) is 4. The zero-order valence-electron chi connectivity index (χ0n) is 17.7. The highest BCUT2D eigenvalue weighted by molar-refractivity contribution is 7.92. The summed E-state index contributed by atoms with van der Waals surface area (Å²) in [5.74, 6) is 0.501. The number of rotatable bonds is 11. The second-order valence-electron chi connectivity index (χ2n) is 7.11. The van der Waals surface area contributed by atoms with Crippen LogP contribution in [0.1, 0.15) is 30.9 Å². The van der Waals surface area contributed by atoms with E-state index >= 15 is 0 Å². The summed E-state index contributed by atoms with van der Waals surface area (Å²) in [5.41, 5.74) is 2.22. The predicted octanol–water partition coefficient (Wildman–Crippen LogP) is 3.95. The first-order valence-electron chi connectivity index (χ1n) is 9.93. The molecule has 164 valence electrons. The van der Waals surface area contributed by atoms with E-state index in [-0.39, 0.29) is 12.5 Å². The average Bonchev–Trinajstić information content (AvgIpc) is 2.69. The van der Waals surface area contributed by atoms with Crippen molar-refractivity contribution in [1.82, 2.24) is 5.32 Å². The van der Waals surface area contributed by atoms with Gasteiger partial charge in [-0.1, -0.05) is 42.8 Å². The molecule has 0 aliphatic rings. The predicted molar refractivity (Wildman–Crippen MR) is 122 cm³/mol. The number of carbonyl (C=O) groups excluding carboxylic acids is 1. The minimum absolute atomic E-state index is 0.295. The lowest BCUT2D eigenvalue weighted by Gasteiger charge is -2.23. The number of nitrogens with zero attached hydrogens (tertiary/aromatic N) is 1. The summed E-state index contributed by atoms with van der Waals surface area (Å²) in [6.07, 6.45) is 3.48. The van der Waals surface area contributed by atoms with E-state index in [1.165, 1.54) is 0 Å². The van der Waals surface area contributed by atoms with Crippen molar-refractivity contribution < 1.29 is 17.9 Å². The molecule has 0 bridgehead atoms. The fourth-order valence-corrected chi connectivity index (χ4v) is 4.06. The highest BCUT2D eigenvalue weighted by Crippen LogP contribution is 2.26. The van der Waals surface area contributed by atoms with Gasteiger partial charge in [0.1, 0.15) is 12.3 Å². The molecular weight excluding hydrogens is 424 g/mol. The molecule has 0 heterocycles. The van der Waals surface area contributed by atoms with Gasteiger partial charge in [0.25, 0.3) is 0 Å². The molecule has 1 amide bonds. The molecule has 0 spiro atoms. The highest BCUT2D eigenvalue weighted by Gasteiger charge is 2.22. The lowest BCUT2D eigenvalue weighted by atomic mass is 10.1. The Bertz CT molecular complexity index is 963. The van der Waals surface area contributed by atoms with E-state index in [9.17, 15) is 13.2 Å². The Balaban J connectivity index is 1.94. The number of anilines is 1. The van der Waals surface area contributed by atoms with Crippen LogP contribution in [-0.2, 0) is 21.2 Å². The van der Waals surface area contributed by atoms with E-state index < -0.39 is 10.0 Å². The van der Waals surface area contributed by atoms with E-state index in [4.69, 9.17) is 16.3 Å². The molecule has 1 N–H and O–H groups in total. The maximum atomic E-state index is 12.4. The monoisotopic (exact) mass is 452 g/mol. The number of halogens is 1. The zero-order chi connectivity index (χ0) is 22.1. The molecule has 0 aromatic heterocycles. The van der Waals surface area contributed by atoms with Crippen molar-refractivity contribution in [2.45, 2.75) is 33.1 Å². The Labute approximate surface area is 184 Å². The molecule has 0 aliphatic heterocycles. The number of nitrogens with one attached hydrogen (secondary N) is 1. The first kappa shape index (κ1) is 24.0. The summed E-state index contributed by atoms with van der Waals surface area (Å²) in [4.78, 5) is 12.4. The van der Waals surface area contributed by atoms with E-state index in [0.29, 0.717) is 30.3 Å². The van der Waals surface area contributed by atoms with Gasteiger partial charge in [-0.2, -0.15) is 0 Å². The normalized spacial score (nSPS) is 11.2. The van der Waals surface area contributed by atoms with E-state index in [0.717, 1.165) is 40.3 Å². The van der Waals surface area contributed by atoms with Crippen LogP contribution in [0.2, 0.25) is 5.02 Å². The van der Waals surface area contributed by atoms with Gasteiger partial charge in [0.05, 0.1) is 18.6 Å². The second-order valence-corrected chi connectivity index (χ2v) is 9.45. The lowest BCUT2D eigenvalue weighted by Crippen LogP contribution is -2.41. The Morgan fingerprint density at radius 1 is 1.20 bits per heavy atom. The van der Waals surface area contributed by atoms with Crippen molar-refractivity contribution in [3.8, 4) is 5.75 Å². The number of para-hydroxylation sites is 1. The van der Waals surface area contributed by atoms with Crippen molar-refractivity contribution in [1.29, 1.82) is 0 Å². The SMILES string of the molecule is CCCOc1ccccc1CCCNC(=O)CN(c1cc(Cl)ccc1C)S(C)(=O)=O. The van der Waals surface area contributed by atoms with E-state index in [1.54, 1.807) is 25.1 Å². The number of amides is 1. The van der Waals surface area contributed by atoms with Gasteiger partial charge < -0.3 is 10.1 Å². The van der Waals surface area contributed by atoms with Gasteiger partial charge in [-0.05, 0) is 55.5 Å². The zero-order valence-corrected chi connectivity index (χ0v) is 19.2. The molecule has 0 saturated carbocycles. The molecule has 2 aromatic carbocycles. The molecule has 30 heavy (non-hydrogen) atoms. The number of aryl methyl sites for hydroxylation is 2. The van der Waals surface area contributed by atoms with Crippen molar-refractivity contribution in [3.05, 3.63) is 58.6 Å². The van der Waals surface area contributed by atoms with E-state index in [1.807, 2.05) is 24.3 Å². The van der Waals surface area contributed by atoms with Crippen LogP contribution in [0.25, 0.3) is 0 Å². The topological polar surface area (TPSA) is 75.7 Å². The summed E-state index contributed by atoms with van der Waals surface area (Å²) in [6, 6.07) is 12.8. The Hall–Kier alpha value is -2.25. The number of benzene rings is 2. The molecule has 0 unspecified atom stereocenters. The van der Waals surface area contributed by atoms with Crippen LogP contribution < -0.4 is 14.4 Å². The van der Waals surface area contributed by atoms with Crippen LogP contribution in [0.3, 0.4) is 0 Å². The van der Waals surface area contributed by atoms with Crippen LogP contribution in [0, 0.1) is 6.92 Å². The number of hydrogen-bond donors (Lipinski definition) is 1. The van der Waals surface area contributed by atoms with Crippen LogP contribution in [0.4, 0.5) is 5.69 Å². The maximum Gasteiger partial charge on any atom is 0.240 e. The third-order valence-electron chi connectivity index (χ3n) is 4.51. The van der Waals surface area contributed by atoms with Gasteiger partial charge in [-0.15, -0.1) is 0 Å². The van der Waals surface area contributed by atoms with Gasteiger partial charge in [-0.25, -0.2) is 8.42 Å². The summed E-state index contributed by atoms with van der Waals surface area (Å²) < 4.78 is 31.4. The molecule has 0 saturated heterocycles. The minimum atomic E-state index is -3.64. The lowest BCUT2D eigenvalue weighted by molar-refractivity contribution is -0.119. The van der Waals surface area contributed by atoms with Crippen molar-refractivity contribution in [2.24, 2.45) is 0 Å². The summed E-state index contributed by atoms with van der Waals surface area (Å²) >= 11 is 6.02. The van der Waals surface area contributed by atoms with Crippen LogP contribution in [0.15, 0.2) is 42.5 Å². The number of sulfonamides is 1. The van der Waals surface area contributed by atoms with Gasteiger partial charge in [0.15, 0.2) is 0 Å². The van der Waals surface area contributed by atoms with Gasteiger partial charge in [-0.3, -0.25) is 9.10 Å². The molecule has 6 nitrogen and oxygen atoms in total. The fraction of sp³-hybridized carbons (Fsp3) is 0.409. The smallest absolute Gasteiger partial charge is 0.240 e. The maximum absolute atomic E-state index is 12.4. The van der Waals surface area contributed by atoms with Gasteiger partial charge in [0.2, 0.25) is 15.9 Å². The van der Waals surface area contributed by atoms with Gasteiger partial charge >= 0.3 is 0 Å².